The minimum Gasteiger partial charge on any atom is -0.442 e. The lowest BCUT2D eigenvalue weighted by Crippen LogP contribution is -2.55. The van der Waals surface area contributed by atoms with Gasteiger partial charge in [-0.2, -0.15) is 0 Å². The number of hydrogen-bond acceptors (Lipinski definition) is 0. The van der Waals surface area contributed by atoms with Crippen molar-refractivity contribution in [3.8, 4) is 0 Å². The van der Waals surface area contributed by atoms with Crippen LogP contribution in [0.4, 0.5) is 12.9 Å². The maximum absolute atomic E-state index is 12.1. The molecule has 0 fully saturated rings. The summed E-state index contributed by atoms with van der Waals surface area (Å²) in [6.07, 6.45) is 3.19. The Hall–Kier alpha value is -0.995. The van der Waals surface area contributed by atoms with Crippen molar-refractivity contribution in [2.75, 3.05) is 0 Å². The lowest BCUT2D eigenvalue weighted by molar-refractivity contribution is -0.580. The van der Waals surface area contributed by atoms with Crippen LogP contribution >= 0.6 is 0 Å². The minimum absolute atomic E-state index is 0.183. The molecule has 1 aromatic heterocycles. The molecular formula is C7H8BF3N-. The summed E-state index contributed by atoms with van der Waals surface area (Å²) in [5, 5.41) is 0. The summed E-state index contributed by atoms with van der Waals surface area (Å²) >= 11 is 0. The number of aryl methyl sites for hydroxylation is 2. The van der Waals surface area contributed by atoms with Crippen LogP contribution in [-0.4, -0.2) is 7.11 Å². The zero-order valence-electron chi connectivity index (χ0n) is 6.81. The van der Waals surface area contributed by atoms with Crippen molar-refractivity contribution in [1.29, 1.82) is 0 Å². The fraction of sp³-hybridized carbons (Fsp3) is 0.286. The van der Waals surface area contributed by atoms with Gasteiger partial charge >= 0.3 is 7.11 Å². The summed E-state index contributed by atoms with van der Waals surface area (Å²) < 4.78 is 36.5. The molecule has 1 nitrogen and oxygen atoms in total. The van der Waals surface area contributed by atoms with Crippen LogP contribution in [0.2, 0.25) is 0 Å². The molecule has 0 N–H and O–H groups in total. The lowest BCUT2D eigenvalue weighted by Gasteiger charge is -2.15. The van der Waals surface area contributed by atoms with E-state index >= 15 is 0 Å². The van der Waals surface area contributed by atoms with Gasteiger partial charge in [-0.25, -0.2) is 0 Å². The number of hydrogen-bond donors (Lipinski definition) is 0. The Labute approximate surface area is 68.9 Å². The minimum atomic E-state index is -4.98. The van der Waals surface area contributed by atoms with Crippen molar-refractivity contribution in [3.63, 3.8) is 0 Å². The van der Waals surface area contributed by atoms with Crippen LogP contribution < -0.4 is 4.48 Å². The number of nitrogens with zero attached hydrogens (tertiary/aromatic N) is 1. The largest absolute Gasteiger partial charge is 0.788 e. The second kappa shape index (κ2) is 2.81. The van der Waals surface area contributed by atoms with Crippen LogP contribution in [0.3, 0.4) is 0 Å². The molecule has 0 unspecified atom stereocenters. The molecule has 66 valence electrons. The highest BCUT2D eigenvalue weighted by atomic mass is 19.4. The van der Waals surface area contributed by atoms with E-state index < -0.39 is 7.11 Å². The molecule has 1 rings (SSSR count). The van der Waals surface area contributed by atoms with Gasteiger partial charge in [0.25, 0.3) is 0 Å². The van der Waals surface area contributed by atoms with E-state index in [0.717, 1.165) is 11.8 Å². The van der Waals surface area contributed by atoms with Gasteiger partial charge in [0, 0.05) is 6.20 Å². The van der Waals surface area contributed by atoms with E-state index in [4.69, 9.17) is 0 Å². The van der Waals surface area contributed by atoms with E-state index in [2.05, 4.69) is 6.20 Å². The summed E-state index contributed by atoms with van der Waals surface area (Å²) in [6.45, 7) is 3.39. The predicted molar refractivity (Wildman–Crippen MR) is 39.4 cm³/mol. The van der Waals surface area contributed by atoms with Crippen molar-refractivity contribution in [1.82, 2.24) is 0 Å². The third kappa shape index (κ3) is 1.78. The first-order valence-corrected chi connectivity index (χ1v) is 3.51. The van der Waals surface area contributed by atoms with Gasteiger partial charge in [-0.15, -0.1) is 11.6 Å². The van der Waals surface area contributed by atoms with Gasteiger partial charge < -0.3 is 17.4 Å². The predicted octanol–water partition coefficient (Wildman–Crippen LogP) is 1.58. The normalized spacial score (nSPS) is 11.8. The first-order valence-electron chi connectivity index (χ1n) is 3.51. The van der Waals surface area contributed by atoms with Gasteiger partial charge in [0.05, 0.1) is 6.20 Å². The van der Waals surface area contributed by atoms with E-state index in [-0.39, 0.29) is 4.48 Å². The van der Waals surface area contributed by atoms with Crippen LogP contribution in [0.1, 0.15) is 11.1 Å². The second-order valence-corrected chi connectivity index (χ2v) is 2.72. The van der Waals surface area contributed by atoms with Gasteiger partial charge in [-0.1, -0.05) is 19.4 Å². The van der Waals surface area contributed by atoms with Crippen molar-refractivity contribution in [3.05, 3.63) is 29.6 Å². The van der Waals surface area contributed by atoms with Crippen molar-refractivity contribution in [2.24, 2.45) is 0 Å². The van der Waals surface area contributed by atoms with Crippen LogP contribution in [0.5, 0.6) is 0 Å². The molecule has 0 aliphatic carbocycles. The molecule has 1 aromatic rings. The van der Waals surface area contributed by atoms with E-state index in [1.54, 1.807) is 13.8 Å². The highest BCUT2D eigenvalue weighted by Crippen LogP contribution is 2.06. The van der Waals surface area contributed by atoms with E-state index in [1.807, 2.05) is 0 Å². The van der Waals surface area contributed by atoms with Crippen LogP contribution in [-0.2, 0) is 0 Å². The number of halogens is 3. The topological polar surface area (TPSA) is 3.88 Å². The highest BCUT2D eigenvalue weighted by molar-refractivity contribution is 6.48. The van der Waals surface area contributed by atoms with Crippen LogP contribution in [0.15, 0.2) is 12.3 Å². The molecule has 12 heavy (non-hydrogen) atoms. The van der Waals surface area contributed by atoms with Crippen LogP contribution in [0, 0.1) is 20.0 Å². The Kier molecular flexibility index (Phi) is 2.13. The quantitative estimate of drug-likeness (QED) is 0.449. The zero-order chi connectivity index (χ0) is 9.35. The van der Waals surface area contributed by atoms with E-state index in [9.17, 15) is 12.9 Å². The number of aromatic nitrogens is 1. The van der Waals surface area contributed by atoms with E-state index in [1.165, 1.54) is 6.07 Å². The van der Waals surface area contributed by atoms with Crippen molar-refractivity contribution < 1.29 is 17.4 Å². The summed E-state index contributed by atoms with van der Waals surface area (Å²) in [7, 11) is -4.98. The molecule has 0 spiro atoms. The molecule has 0 bridgehead atoms. The molecule has 5 heteroatoms. The molecule has 0 saturated carbocycles. The monoisotopic (exact) mass is 174 g/mol. The summed E-state index contributed by atoms with van der Waals surface area (Å²) in [6, 6.07) is 1.34. The Morgan fingerprint density at radius 2 is 1.83 bits per heavy atom. The lowest BCUT2D eigenvalue weighted by atomic mass is 10.1. The third-order valence-electron chi connectivity index (χ3n) is 1.70. The first kappa shape index (κ1) is 9.10. The van der Waals surface area contributed by atoms with Crippen molar-refractivity contribution >= 4 is 7.11 Å². The van der Waals surface area contributed by atoms with Gasteiger partial charge in [0.1, 0.15) is 0 Å². The molecule has 0 atom stereocenters. The molecule has 0 amide bonds. The molecule has 0 aliphatic heterocycles. The fourth-order valence-corrected chi connectivity index (χ4v) is 0.802. The summed E-state index contributed by atoms with van der Waals surface area (Å²) in [5.41, 5.74) is 1.43. The average Bonchev–Trinajstić information content (AvgIpc) is 1.92. The Morgan fingerprint density at radius 3 is 2.25 bits per heavy atom. The Balaban J connectivity index is 3.14. The maximum Gasteiger partial charge on any atom is 0.788 e. The zero-order valence-corrected chi connectivity index (χ0v) is 6.81. The molecular weight excluding hydrogens is 166 g/mol. The standard InChI is InChI=1S/C7H8BF3N/c1-6-3-4-12(5-7(6)2)8(9,10)11/h3,5H,1-2H3/q-1. The van der Waals surface area contributed by atoms with Crippen molar-refractivity contribution in [2.45, 2.75) is 13.8 Å². The van der Waals surface area contributed by atoms with Gasteiger partial charge in [-0.05, 0) is 0 Å². The molecule has 0 radical (unpaired) electrons. The van der Waals surface area contributed by atoms with E-state index in [0.29, 0.717) is 5.56 Å². The molecule has 0 aliphatic rings. The molecule has 0 aromatic carbocycles. The summed E-state index contributed by atoms with van der Waals surface area (Å²) in [4.78, 5) is 0. The second-order valence-electron chi connectivity index (χ2n) is 2.72. The molecule has 0 saturated heterocycles. The summed E-state index contributed by atoms with van der Waals surface area (Å²) in [5.74, 6) is 0. The molecule has 1 heterocycles. The smallest absolute Gasteiger partial charge is 0.442 e. The highest BCUT2D eigenvalue weighted by Gasteiger charge is 2.36. The van der Waals surface area contributed by atoms with Gasteiger partial charge in [0.2, 0.25) is 0 Å². The fourth-order valence-electron chi connectivity index (χ4n) is 0.802. The third-order valence-corrected chi connectivity index (χ3v) is 1.70. The average molecular weight is 174 g/mol. The number of rotatable bonds is 1. The Morgan fingerprint density at radius 1 is 1.25 bits per heavy atom. The van der Waals surface area contributed by atoms with Crippen LogP contribution in [0.25, 0.3) is 0 Å². The van der Waals surface area contributed by atoms with Gasteiger partial charge in [-0.3, -0.25) is 0 Å². The maximum atomic E-state index is 12.1. The first-order chi connectivity index (χ1) is 5.41. The number of pyridine rings is 1. The SMILES string of the molecule is Cc1c[c-][n+]([B-](F)(F)F)cc1C. The van der Waals surface area contributed by atoms with Gasteiger partial charge in [0.15, 0.2) is 0 Å². The Bertz CT molecular complexity index is 295.